The van der Waals surface area contributed by atoms with Crippen molar-refractivity contribution in [2.45, 2.75) is 12.1 Å². The first kappa shape index (κ1) is 11.7. The molecule has 0 aliphatic carbocycles. The molecule has 0 radical (unpaired) electrons. The summed E-state index contributed by atoms with van der Waals surface area (Å²) in [4.78, 5) is 4.12. The maximum atomic E-state index is 12.7. The first-order chi connectivity index (χ1) is 8.29. The number of benzene rings is 1. The molecular formula is C13H10FNOS. The fourth-order valence-electron chi connectivity index (χ4n) is 1.24. The summed E-state index contributed by atoms with van der Waals surface area (Å²) in [5.41, 5.74) is 0.812. The van der Waals surface area contributed by atoms with Gasteiger partial charge in [-0.2, -0.15) is 0 Å². The van der Waals surface area contributed by atoms with Gasteiger partial charge in [0.25, 0.3) is 5.22 Å². The maximum absolute atomic E-state index is 12.7. The Labute approximate surface area is 103 Å². The number of hydrogen-bond donors (Lipinski definition) is 0. The summed E-state index contributed by atoms with van der Waals surface area (Å²) in [6.45, 7) is 1.79. The Hall–Kier alpha value is -1.73. The molecule has 2 rings (SSSR count). The van der Waals surface area contributed by atoms with Crippen LogP contribution < -0.4 is 0 Å². The van der Waals surface area contributed by atoms with E-state index in [1.165, 1.54) is 23.9 Å². The number of oxazole rings is 1. The largest absolute Gasteiger partial charge is 0.431 e. The smallest absolute Gasteiger partial charge is 0.257 e. The highest BCUT2D eigenvalue weighted by atomic mass is 32.2. The zero-order valence-corrected chi connectivity index (χ0v) is 10.1. The predicted octanol–water partition coefficient (Wildman–Crippen LogP) is 3.60. The van der Waals surface area contributed by atoms with Crippen LogP contribution >= 0.6 is 11.8 Å². The van der Waals surface area contributed by atoms with Gasteiger partial charge in [-0.25, -0.2) is 9.37 Å². The molecule has 86 valence electrons. The van der Waals surface area contributed by atoms with Crippen molar-refractivity contribution < 1.29 is 8.81 Å². The van der Waals surface area contributed by atoms with Crippen LogP contribution in [0.1, 0.15) is 6.92 Å². The van der Waals surface area contributed by atoms with Crippen molar-refractivity contribution in [3.8, 4) is 23.2 Å². The van der Waals surface area contributed by atoms with Crippen LogP contribution in [0.4, 0.5) is 4.39 Å². The number of halogens is 1. The molecule has 0 aliphatic heterocycles. The number of aromatic nitrogens is 1. The van der Waals surface area contributed by atoms with E-state index in [0.717, 1.165) is 5.56 Å². The Morgan fingerprint density at radius 2 is 2.12 bits per heavy atom. The maximum Gasteiger partial charge on any atom is 0.257 e. The predicted molar refractivity (Wildman–Crippen MR) is 66.1 cm³/mol. The summed E-state index contributed by atoms with van der Waals surface area (Å²) < 4.78 is 18.3. The van der Waals surface area contributed by atoms with Crippen LogP contribution in [0.15, 0.2) is 40.1 Å². The average Bonchev–Trinajstić information content (AvgIpc) is 2.79. The number of nitrogens with zero attached hydrogens (tertiary/aromatic N) is 1. The minimum absolute atomic E-state index is 0.263. The molecule has 2 nitrogen and oxygen atoms in total. The topological polar surface area (TPSA) is 26.0 Å². The molecule has 0 N–H and O–H groups in total. The number of hydrogen-bond acceptors (Lipinski definition) is 3. The number of rotatable bonds is 3. The van der Waals surface area contributed by atoms with Crippen molar-refractivity contribution in [1.82, 2.24) is 4.98 Å². The Bertz CT molecular complexity index is 551. The van der Waals surface area contributed by atoms with Crippen molar-refractivity contribution in [3.05, 3.63) is 36.3 Å². The van der Waals surface area contributed by atoms with Crippen molar-refractivity contribution in [2.75, 3.05) is 5.75 Å². The average molecular weight is 247 g/mol. The summed E-state index contributed by atoms with van der Waals surface area (Å²) in [6.07, 6.45) is 1.63. The molecule has 2 aromatic rings. The van der Waals surface area contributed by atoms with Crippen molar-refractivity contribution >= 4 is 11.8 Å². The summed E-state index contributed by atoms with van der Waals surface area (Å²) in [5.74, 6) is 6.74. The molecule has 0 saturated carbocycles. The van der Waals surface area contributed by atoms with E-state index in [1.54, 1.807) is 25.3 Å². The van der Waals surface area contributed by atoms with E-state index >= 15 is 0 Å². The van der Waals surface area contributed by atoms with Crippen LogP contribution in [0.3, 0.4) is 0 Å². The molecule has 1 aromatic carbocycles. The molecule has 0 fully saturated rings. The van der Waals surface area contributed by atoms with Crippen LogP contribution in [-0.2, 0) is 0 Å². The summed E-state index contributed by atoms with van der Waals surface area (Å²) in [5, 5.41) is 0.576. The SMILES string of the molecule is CC#CCSc1ncc(-c2ccc(F)cc2)o1. The van der Waals surface area contributed by atoms with Crippen LogP contribution in [0.2, 0.25) is 0 Å². The molecule has 1 aromatic heterocycles. The van der Waals surface area contributed by atoms with E-state index < -0.39 is 0 Å². The lowest BCUT2D eigenvalue weighted by Crippen LogP contribution is -1.75. The van der Waals surface area contributed by atoms with Crippen molar-refractivity contribution in [2.24, 2.45) is 0 Å². The van der Waals surface area contributed by atoms with E-state index in [9.17, 15) is 4.39 Å². The van der Waals surface area contributed by atoms with Gasteiger partial charge in [-0.1, -0.05) is 17.7 Å². The lowest BCUT2D eigenvalue weighted by molar-refractivity contribution is 0.466. The van der Waals surface area contributed by atoms with Gasteiger partial charge in [0.1, 0.15) is 5.82 Å². The molecule has 0 atom stereocenters. The standard InChI is InChI=1S/C13H10FNOS/c1-2-3-8-17-13-15-9-12(16-13)10-4-6-11(14)7-5-10/h4-7,9H,8H2,1H3. The quantitative estimate of drug-likeness (QED) is 0.612. The summed E-state index contributed by atoms with van der Waals surface area (Å²) >= 11 is 1.44. The molecule has 0 spiro atoms. The third kappa shape index (κ3) is 3.11. The second-order valence-electron chi connectivity index (χ2n) is 3.21. The molecule has 4 heteroatoms. The minimum Gasteiger partial charge on any atom is -0.431 e. The normalized spacial score (nSPS) is 9.76. The van der Waals surface area contributed by atoms with Gasteiger partial charge in [0.15, 0.2) is 5.76 Å². The first-order valence-electron chi connectivity index (χ1n) is 5.04. The highest BCUT2D eigenvalue weighted by Gasteiger charge is 2.06. The number of thioether (sulfide) groups is 1. The third-order valence-corrected chi connectivity index (χ3v) is 2.78. The van der Waals surface area contributed by atoms with Gasteiger partial charge in [0, 0.05) is 5.56 Å². The van der Waals surface area contributed by atoms with Crippen LogP contribution in [0, 0.1) is 17.7 Å². The zero-order chi connectivity index (χ0) is 12.1. The zero-order valence-electron chi connectivity index (χ0n) is 9.24. The fourth-order valence-corrected chi connectivity index (χ4v) is 1.86. The van der Waals surface area contributed by atoms with Crippen molar-refractivity contribution in [1.29, 1.82) is 0 Å². The van der Waals surface area contributed by atoms with E-state index in [0.29, 0.717) is 16.7 Å². The van der Waals surface area contributed by atoms with Crippen LogP contribution in [-0.4, -0.2) is 10.7 Å². The lowest BCUT2D eigenvalue weighted by Gasteiger charge is -1.95. The summed E-state index contributed by atoms with van der Waals surface area (Å²) in [7, 11) is 0. The van der Waals surface area contributed by atoms with Gasteiger partial charge in [-0.05, 0) is 31.2 Å². The molecule has 0 bridgehead atoms. The van der Waals surface area contributed by atoms with Crippen LogP contribution in [0.5, 0.6) is 0 Å². The molecule has 0 aliphatic rings. The third-order valence-electron chi connectivity index (χ3n) is 2.06. The Balaban J connectivity index is 2.11. The minimum atomic E-state index is -0.263. The molecule has 1 heterocycles. The summed E-state index contributed by atoms with van der Waals surface area (Å²) in [6, 6.07) is 6.12. The van der Waals surface area contributed by atoms with Gasteiger partial charge in [-0.3, -0.25) is 0 Å². The highest BCUT2D eigenvalue weighted by Crippen LogP contribution is 2.25. The van der Waals surface area contributed by atoms with E-state index in [1.807, 2.05) is 0 Å². The lowest BCUT2D eigenvalue weighted by atomic mass is 10.2. The molecule has 0 unspecified atom stereocenters. The Kier molecular flexibility index (Phi) is 3.84. The van der Waals surface area contributed by atoms with Gasteiger partial charge in [0.05, 0.1) is 11.9 Å². The highest BCUT2D eigenvalue weighted by molar-refractivity contribution is 7.99. The molecule has 0 saturated heterocycles. The van der Waals surface area contributed by atoms with Crippen molar-refractivity contribution in [3.63, 3.8) is 0 Å². The first-order valence-corrected chi connectivity index (χ1v) is 6.02. The Morgan fingerprint density at radius 1 is 1.35 bits per heavy atom. The second kappa shape index (κ2) is 5.55. The van der Waals surface area contributed by atoms with E-state index in [-0.39, 0.29) is 5.82 Å². The van der Waals surface area contributed by atoms with E-state index in [2.05, 4.69) is 16.8 Å². The fraction of sp³-hybridized carbons (Fsp3) is 0.154. The molecule has 17 heavy (non-hydrogen) atoms. The Morgan fingerprint density at radius 3 is 2.82 bits per heavy atom. The van der Waals surface area contributed by atoms with Gasteiger partial charge in [-0.15, -0.1) is 5.92 Å². The van der Waals surface area contributed by atoms with Gasteiger partial charge >= 0.3 is 0 Å². The van der Waals surface area contributed by atoms with E-state index in [4.69, 9.17) is 4.42 Å². The van der Waals surface area contributed by atoms with Gasteiger partial charge < -0.3 is 4.42 Å². The van der Waals surface area contributed by atoms with Gasteiger partial charge in [0.2, 0.25) is 0 Å². The molecule has 0 amide bonds. The van der Waals surface area contributed by atoms with Crippen LogP contribution in [0.25, 0.3) is 11.3 Å². The molecular weight excluding hydrogens is 237 g/mol. The second-order valence-corrected chi connectivity index (χ2v) is 4.14. The monoisotopic (exact) mass is 247 g/mol.